The number of rotatable bonds is 7. The number of esters is 1. The summed E-state index contributed by atoms with van der Waals surface area (Å²) in [6, 6.07) is 10.9. The number of hydrogen-bond donors (Lipinski definition) is 0. The van der Waals surface area contributed by atoms with Crippen LogP contribution in [0, 0.1) is 0 Å². The van der Waals surface area contributed by atoms with Gasteiger partial charge in [0.2, 0.25) is 0 Å². The van der Waals surface area contributed by atoms with Crippen molar-refractivity contribution in [2.75, 3.05) is 13.2 Å². The molecule has 0 fully saturated rings. The first-order valence-electron chi connectivity index (χ1n) is 7.08. The lowest BCUT2D eigenvalue weighted by Crippen LogP contribution is -2.07. The molecule has 0 spiro atoms. The predicted octanol–water partition coefficient (Wildman–Crippen LogP) is 3.27. The first-order valence-corrected chi connectivity index (χ1v) is 7.08. The van der Waals surface area contributed by atoms with E-state index in [9.17, 15) is 4.79 Å². The number of benzene rings is 1. The van der Waals surface area contributed by atoms with Crippen LogP contribution in [0.25, 0.3) is 0 Å². The van der Waals surface area contributed by atoms with Gasteiger partial charge in [0, 0.05) is 12.4 Å². The van der Waals surface area contributed by atoms with Crippen molar-refractivity contribution in [3.8, 4) is 5.75 Å². The molecule has 21 heavy (non-hydrogen) atoms. The van der Waals surface area contributed by atoms with Gasteiger partial charge >= 0.3 is 5.97 Å². The summed E-state index contributed by atoms with van der Waals surface area (Å²) >= 11 is 0. The average Bonchev–Trinajstić information content (AvgIpc) is 2.53. The molecule has 0 atom stereocenters. The number of aromatic nitrogens is 1. The molecule has 0 radical (unpaired) electrons. The van der Waals surface area contributed by atoms with Gasteiger partial charge < -0.3 is 9.47 Å². The van der Waals surface area contributed by atoms with E-state index in [0.29, 0.717) is 18.8 Å². The zero-order chi connectivity index (χ0) is 14.9. The van der Waals surface area contributed by atoms with E-state index in [2.05, 4.69) is 4.98 Å². The van der Waals surface area contributed by atoms with Crippen molar-refractivity contribution in [2.45, 2.75) is 19.8 Å². The van der Waals surface area contributed by atoms with E-state index in [1.54, 1.807) is 36.7 Å². The van der Waals surface area contributed by atoms with Gasteiger partial charge in [0.25, 0.3) is 0 Å². The van der Waals surface area contributed by atoms with Crippen molar-refractivity contribution in [1.82, 2.24) is 4.98 Å². The van der Waals surface area contributed by atoms with Crippen LogP contribution in [0.2, 0.25) is 0 Å². The van der Waals surface area contributed by atoms with Crippen LogP contribution < -0.4 is 4.74 Å². The lowest BCUT2D eigenvalue weighted by Gasteiger charge is -2.06. The minimum Gasteiger partial charge on any atom is -0.494 e. The summed E-state index contributed by atoms with van der Waals surface area (Å²) < 4.78 is 10.6. The van der Waals surface area contributed by atoms with Crippen LogP contribution >= 0.6 is 0 Å². The fourth-order valence-corrected chi connectivity index (χ4v) is 1.93. The molecule has 2 rings (SSSR count). The van der Waals surface area contributed by atoms with Crippen LogP contribution in [0.1, 0.15) is 29.3 Å². The highest BCUT2D eigenvalue weighted by Gasteiger charge is 2.06. The third-order valence-corrected chi connectivity index (χ3v) is 2.99. The molecule has 4 nitrogen and oxygen atoms in total. The summed E-state index contributed by atoms with van der Waals surface area (Å²) in [5.74, 6) is 0.458. The fraction of sp³-hybridized carbons (Fsp3) is 0.294. The van der Waals surface area contributed by atoms with Crippen LogP contribution in [0.4, 0.5) is 0 Å². The predicted molar refractivity (Wildman–Crippen MR) is 80.5 cm³/mol. The van der Waals surface area contributed by atoms with E-state index < -0.39 is 0 Å². The smallest absolute Gasteiger partial charge is 0.338 e. The number of aryl methyl sites for hydroxylation is 1. The van der Waals surface area contributed by atoms with Crippen molar-refractivity contribution in [1.29, 1.82) is 0 Å². The molecule has 0 aliphatic heterocycles. The highest BCUT2D eigenvalue weighted by atomic mass is 16.5. The zero-order valence-corrected chi connectivity index (χ0v) is 12.1. The van der Waals surface area contributed by atoms with Crippen molar-refractivity contribution in [2.24, 2.45) is 0 Å². The molecule has 110 valence electrons. The van der Waals surface area contributed by atoms with Gasteiger partial charge in [-0.2, -0.15) is 0 Å². The summed E-state index contributed by atoms with van der Waals surface area (Å²) in [6.07, 6.45) is 5.20. The van der Waals surface area contributed by atoms with E-state index in [4.69, 9.17) is 9.47 Å². The first-order chi connectivity index (χ1) is 10.3. The largest absolute Gasteiger partial charge is 0.494 e. The van der Waals surface area contributed by atoms with Gasteiger partial charge in [-0.1, -0.05) is 0 Å². The minimum absolute atomic E-state index is 0.298. The van der Waals surface area contributed by atoms with Gasteiger partial charge in [-0.25, -0.2) is 4.79 Å². The third-order valence-electron chi connectivity index (χ3n) is 2.99. The van der Waals surface area contributed by atoms with E-state index in [-0.39, 0.29) is 5.97 Å². The molecule has 1 aromatic carbocycles. The van der Waals surface area contributed by atoms with E-state index >= 15 is 0 Å². The lowest BCUT2D eigenvalue weighted by atomic mass is 10.1. The number of pyridine rings is 1. The maximum Gasteiger partial charge on any atom is 0.338 e. The normalized spacial score (nSPS) is 10.1. The van der Waals surface area contributed by atoms with Gasteiger partial charge in [0.1, 0.15) is 5.75 Å². The van der Waals surface area contributed by atoms with Crippen LogP contribution in [0.15, 0.2) is 48.8 Å². The average molecular weight is 285 g/mol. The van der Waals surface area contributed by atoms with Crippen LogP contribution in [0.5, 0.6) is 5.75 Å². The first kappa shape index (κ1) is 15.0. The van der Waals surface area contributed by atoms with Gasteiger partial charge in [-0.05, 0) is 61.7 Å². The van der Waals surface area contributed by atoms with E-state index in [1.165, 1.54) is 5.56 Å². The molecule has 0 aliphatic carbocycles. The topological polar surface area (TPSA) is 48.4 Å². The molecule has 2 aromatic rings. The van der Waals surface area contributed by atoms with Crippen molar-refractivity contribution in [3.63, 3.8) is 0 Å². The SMILES string of the molecule is CCOc1ccc(C(=O)OCCCc2ccncc2)cc1. The van der Waals surface area contributed by atoms with Gasteiger partial charge in [0.15, 0.2) is 0 Å². The third kappa shape index (κ3) is 4.91. The number of carbonyl (C=O) groups excluding carboxylic acids is 1. The lowest BCUT2D eigenvalue weighted by molar-refractivity contribution is 0.0500. The second-order valence-electron chi connectivity index (χ2n) is 4.55. The zero-order valence-electron chi connectivity index (χ0n) is 12.1. The van der Waals surface area contributed by atoms with Crippen molar-refractivity contribution >= 4 is 5.97 Å². The number of hydrogen-bond acceptors (Lipinski definition) is 4. The van der Waals surface area contributed by atoms with E-state index in [1.807, 2.05) is 19.1 Å². The Labute approximate surface area is 124 Å². The second kappa shape index (κ2) is 8.04. The van der Waals surface area contributed by atoms with Gasteiger partial charge in [0.05, 0.1) is 18.8 Å². The summed E-state index contributed by atoms with van der Waals surface area (Å²) in [7, 11) is 0. The molecule has 0 N–H and O–H groups in total. The standard InChI is InChI=1S/C17H19NO3/c1-2-20-16-7-5-15(6-8-16)17(19)21-13-3-4-14-9-11-18-12-10-14/h5-12H,2-4,13H2,1H3. The Kier molecular flexibility index (Phi) is 5.76. The van der Waals surface area contributed by atoms with E-state index in [0.717, 1.165) is 18.6 Å². The molecule has 0 unspecified atom stereocenters. The molecule has 0 saturated carbocycles. The molecule has 0 aliphatic rings. The molecule has 1 heterocycles. The van der Waals surface area contributed by atoms with Gasteiger partial charge in [-0.3, -0.25) is 4.98 Å². The van der Waals surface area contributed by atoms with Gasteiger partial charge in [-0.15, -0.1) is 0 Å². The molecule has 1 aromatic heterocycles. The van der Waals surface area contributed by atoms with Crippen LogP contribution in [0.3, 0.4) is 0 Å². The second-order valence-corrected chi connectivity index (χ2v) is 4.55. The maximum atomic E-state index is 11.9. The Bertz CT molecular complexity index is 552. The fourth-order valence-electron chi connectivity index (χ4n) is 1.93. The molecule has 0 saturated heterocycles. The Hall–Kier alpha value is -2.36. The Morgan fingerprint density at radius 2 is 1.81 bits per heavy atom. The van der Waals surface area contributed by atoms with Crippen molar-refractivity contribution < 1.29 is 14.3 Å². The summed E-state index contributed by atoms with van der Waals surface area (Å²) in [4.78, 5) is 15.8. The minimum atomic E-state index is -0.298. The molecule has 0 amide bonds. The highest BCUT2D eigenvalue weighted by molar-refractivity contribution is 5.89. The molecular weight excluding hydrogens is 266 g/mol. The highest BCUT2D eigenvalue weighted by Crippen LogP contribution is 2.13. The summed E-state index contributed by atoms with van der Waals surface area (Å²) in [5.41, 5.74) is 1.74. The number of carbonyl (C=O) groups is 1. The van der Waals surface area contributed by atoms with Crippen molar-refractivity contribution in [3.05, 3.63) is 59.9 Å². The Morgan fingerprint density at radius 1 is 1.10 bits per heavy atom. The van der Waals surface area contributed by atoms with Crippen LogP contribution in [-0.4, -0.2) is 24.2 Å². The molecule has 0 bridgehead atoms. The monoisotopic (exact) mass is 285 g/mol. The maximum absolute atomic E-state index is 11.9. The summed E-state index contributed by atoms with van der Waals surface area (Å²) in [6.45, 7) is 2.94. The number of nitrogens with zero attached hydrogens (tertiary/aromatic N) is 1. The Balaban J connectivity index is 1.74. The summed E-state index contributed by atoms with van der Waals surface area (Å²) in [5, 5.41) is 0. The molecule has 4 heteroatoms. The molecular formula is C17H19NO3. The Morgan fingerprint density at radius 3 is 2.48 bits per heavy atom. The van der Waals surface area contributed by atoms with Crippen LogP contribution in [-0.2, 0) is 11.2 Å². The quantitative estimate of drug-likeness (QED) is 0.578. The number of ether oxygens (including phenoxy) is 2.